The number of hydrogen-bond donors (Lipinski definition) is 1. The van der Waals surface area contributed by atoms with Gasteiger partial charge >= 0.3 is 0 Å². The topological polar surface area (TPSA) is 59.9 Å². The summed E-state index contributed by atoms with van der Waals surface area (Å²) in [5.74, 6) is 1.12. The van der Waals surface area contributed by atoms with Crippen LogP contribution in [0.1, 0.15) is 31.7 Å². The molecule has 0 radical (unpaired) electrons. The molecular formula is C24H25BrN2O3. The minimum atomic E-state index is -0.331. The molecule has 0 saturated carbocycles. The van der Waals surface area contributed by atoms with Gasteiger partial charge in [-0.25, -0.2) is 5.43 Å². The van der Waals surface area contributed by atoms with Gasteiger partial charge in [0.1, 0.15) is 11.5 Å². The number of nitrogens with zero attached hydrogens (tertiary/aromatic N) is 1. The van der Waals surface area contributed by atoms with Gasteiger partial charge in [0.2, 0.25) is 0 Å². The van der Waals surface area contributed by atoms with Gasteiger partial charge in [-0.2, -0.15) is 5.10 Å². The SMILES string of the molecule is CCCCCOc1ccc(/C=N/NC(=O)COc2ccc3ccccc3c2Br)cc1. The van der Waals surface area contributed by atoms with E-state index in [4.69, 9.17) is 9.47 Å². The van der Waals surface area contributed by atoms with Crippen molar-refractivity contribution in [2.75, 3.05) is 13.2 Å². The number of ether oxygens (including phenoxy) is 2. The first-order valence-corrected chi connectivity index (χ1v) is 10.8. The van der Waals surface area contributed by atoms with Crippen LogP contribution < -0.4 is 14.9 Å². The molecule has 1 N–H and O–H groups in total. The average Bonchev–Trinajstić information content (AvgIpc) is 2.77. The van der Waals surface area contributed by atoms with E-state index in [-0.39, 0.29) is 12.5 Å². The summed E-state index contributed by atoms with van der Waals surface area (Å²) in [4.78, 5) is 12.0. The number of hydrogen-bond acceptors (Lipinski definition) is 4. The minimum Gasteiger partial charge on any atom is -0.494 e. The lowest BCUT2D eigenvalue weighted by Gasteiger charge is -2.09. The number of hydrazone groups is 1. The Labute approximate surface area is 185 Å². The number of halogens is 1. The zero-order valence-electron chi connectivity index (χ0n) is 16.9. The van der Waals surface area contributed by atoms with Gasteiger partial charge in [0, 0.05) is 0 Å². The van der Waals surface area contributed by atoms with Gasteiger partial charge < -0.3 is 9.47 Å². The quantitative estimate of drug-likeness (QED) is 0.235. The molecule has 0 aromatic heterocycles. The third-order valence-electron chi connectivity index (χ3n) is 4.49. The van der Waals surface area contributed by atoms with Crippen LogP contribution in [0.25, 0.3) is 10.8 Å². The highest BCUT2D eigenvalue weighted by Crippen LogP contribution is 2.32. The highest BCUT2D eigenvalue weighted by Gasteiger charge is 2.08. The highest BCUT2D eigenvalue weighted by atomic mass is 79.9. The molecule has 0 bridgehead atoms. The van der Waals surface area contributed by atoms with Crippen LogP contribution in [0.15, 0.2) is 70.2 Å². The zero-order chi connectivity index (χ0) is 21.2. The van der Waals surface area contributed by atoms with Gasteiger partial charge in [0.15, 0.2) is 6.61 Å². The molecule has 156 valence electrons. The number of amides is 1. The first-order valence-electron chi connectivity index (χ1n) is 10.0. The number of carbonyl (C=O) groups excluding carboxylic acids is 1. The molecule has 3 aromatic rings. The fourth-order valence-electron chi connectivity index (χ4n) is 2.87. The van der Waals surface area contributed by atoms with Crippen LogP contribution in [0, 0.1) is 0 Å². The summed E-state index contributed by atoms with van der Waals surface area (Å²) in [7, 11) is 0. The molecule has 3 aromatic carbocycles. The van der Waals surface area contributed by atoms with E-state index in [0.717, 1.165) is 39.6 Å². The number of carbonyl (C=O) groups is 1. The Morgan fingerprint density at radius 3 is 2.63 bits per heavy atom. The lowest BCUT2D eigenvalue weighted by Crippen LogP contribution is -2.24. The van der Waals surface area contributed by atoms with E-state index >= 15 is 0 Å². The van der Waals surface area contributed by atoms with Gasteiger partial charge in [0.05, 0.1) is 17.3 Å². The van der Waals surface area contributed by atoms with Crippen molar-refractivity contribution in [1.82, 2.24) is 5.43 Å². The van der Waals surface area contributed by atoms with Crippen LogP contribution in [-0.4, -0.2) is 25.3 Å². The van der Waals surface area contributed by atoms with Crippen LogP contribution in [-0.2, 0) is 4.79 Å². The van der Waals surface area contributed by atoms with E-state index in [2.05, 4.69) is 33.4 Å². The van der Waals surface area contributed by atoms with Crippen molar-refractivity contribution in [3.8, 4) is 11.5 Å². The average molecular weight is 469 g/mol. The number of unbranched alkanes of at least 4 members (excludes halogenated alkanes) is 2. The summed E-state index contributed by atoms with van der Waals surface area (Å²) in [5.41, 5.74) is 3.35. The molecule has 1 amide bonds. The predicted molar refractivity (Wildman–Crippen MR) is 124 cm³/mol. The predicted octanol–water partition coefficient (Wildman–Crippen LogP) is 5.70. The summed E-state index contributed by atoms with van der Waals surface area (Å²) in [6, 6.07) is 19.4. The summed E-state index contributed by atoms with van der Waals surface area (Å²) in [5, 5.41) is 6.12. The van der Waals surface area contributed by atoms with Crippen LogP contribution in [0.3, 0.4) is 0 Å². The van der Waals surface area contributed by atoms with Crippen LogP contribution >= 0.6 is 15.9 Å². The second-order valence-electron chi connectivity index (χ2n) is 6.81. The fourth-order valence-corrected chi connectivity index (χ4v) is 3.48. The molecule has 0 spiro atoms. The highest BCUT2D eigenvalue weighted by molar-refractivity contribution is 9.10. The Morgan fingerprint density at radius 2 is 1.83 bits per heavy atom. The van der Waals surface area contributed by atoms with Gasteiger partial charge in [0.25, 0.3) is 5.91 Å². The molecule has 0 atom stereocenters. The van der Waals surface area contributed by atoms with Gasteiger partial charge in [-0.05, 0) is 69.0 Å². The Bertz CT molecular complexity index is 1000. The van der Waals surface area contributed by atoms with Crippen molar-refractivity contribution < 1.29 is 14.3 Å². The molecule has 0 saturated heterocycles. The third kappa shape index (κ3) is 6.32. The maximum atomic E-state index is 12.0. The summed E-state index contributed by atoms with van der Waals surface area (Å²) in [6.45, 7) is 2.77. The Balaban J connectivity index is 1.45. The number of benzene rings is 3. The summed E-state index contributed by atoms with van der Waals surface area (Å²) in [6.07, 6.45) is 5.00. The maximum Gasteiger partial charge on any atom is 0.277 e. The largest absolute Gasteiger partial charge is 0.494 e. The van der Waals surface area contributed by atoms with E-state index in [0.29, 0.717) is 5.75 Å². The Kier molecular flexibility index (Phi) is 8.27. The lowest BCUT2D eigenvalue weighted by molar-refractivity contribution is -0.123. The van der Waals surface area contributed by atoms with Crippen molar-refractivity contribution in [2.24, 2.45) is 5.10 Å². The summed E-state index contributed by atoms with van der Waals surface area (Å²) >= 11 is 3.55. The monoisotopic (exact) mass is 468 g/mol. The van der Waals surface area contributed by atoms with E-state index in [9.17, 15) is 4.79 Å². The molecule has 30 heavy (non-hydrogen) atoms. The molecule has 3 rings (SSSR count). The standard InChI is InChI=1S/C24H25BrN2O3/c1-2-3-6-15-29-20-12-9-18(10-13-20)16-26-27-23(28)17-30-22-14-11-19-7-4-5-8-21(19)24(22)25/h4-5,7-14,16H,2-3,6,15,17H2,1H3,(H,27,28)/b26-16+. The Morgan fingerprint density at radius 1 is 1.03 bits per heavy atom. The zero-order valence-corrected chi connectivity index (χ0v) is 18.5. The molecule has 0 unspecified atom stereocenters. The van der Waals surface area contributed by atoms with Crippen molar-refractivity contribution in [3.05, 3.63) is 70.7 Å². The second kappa shape index (κ2) is 11.4. The van der Waals surface area contributed by atoms with Crippen molar-refractivity contribution >= 4 is 38.8 Å². The van der Waals surface area contributed by atoms with Crippen molar-refractivity contribution in [1.29, 1.82) is 0 Å². The molecular weight excluding hydrogens is 444 g/mol. The Hall–Kier alpha value is -2.86. The fraction of sp³-hybridized carbons (Fsp3) is 0.250. The smallest absolute Gasteiger partial charge is 0.277 e. The summed E-state index contributed by atoms with van der Waals surface area (Å²) < 4.78 is 12.1. The molecule has 5 nitrogen and oxygen atoms in total. The first-order chi connectivity index (χ1) is 14.7. The van der Waals surface area contributed by atoms with Crippen LogP contribution in [0.2, 0.25) is 0 Å². The van der Waals surface area contributed by atoms with Gasteiger partial charge in [-0.15, -0.1) is 0 Å². The maximum absolute atomic E-state index is 12.0. The molecule has 0 aliphatic heterocycles. The van der Waals surface area contributed by atoms with Crippen LogP contribution in [0.4, 0.5) is 0 Å². The van der Waals surface area contributed by atoms with Gasteiger partial charge in [-0.3, -0.25) is 4.79 Å². The molecule has 0 aliphatic carbocycles. The minimum absolute atomic E-state index is 0.126. The van der Waals surface area contributed by atoms with Gasteiger partial charge in [-0.1, -0.05) is 50.1 Å². The van der Waals surface area contributed by atoms with Crippen molar-refractivity contribution in [2.45, 2.75) is 26.2 Å². The first kappa shape index (κ1) is 21.8. The molecule has 6 heteroatoms. The van der Waals surface area contributed by atoms with E-state index in [1.54, 1.807) is 6.21 Å². The second-order valence-corrected chi connectivity index (χ2v) is 7.60. The molecule has 0 fully saturated rings. The number of rotatable bonds is 10. The normalized spacial score (nSPS) is 11.0. The van der Waals surface area contributed by atoms with E-state index in [1.807, 2.05) is 60.7 Å². The number of nitrogens with one attached hydrogen (secondary N) is 1. The number of fused-ring (bicyclic) bond motifs is 1. The molecule has 0 heterocycles. The van der Waals surface area contributed by atoms with E-state index in [1.165, 1.54) is 12.8 Å². The molecule has 0 aliphatic rings. The van der Waals surface area contributed by atoms with Crippen molar-refractivity contribution in [3.63, 3.8) is 0 Å². The lowest BCUT2D eigenvalue weighted by atomic mass is 10.1. The van der Waals surface area contributed by atoms with E-state index < -0.39 is 0 Å². The van der Waals surface area contributed by atoms with Crippen LogP contribution in [0.5, 0.6) is 11.5 Å². The third-order valence-corrected chi connectivity index (χ3v) is 5.30.